The van der Waals surface area contributed by atoms with Gasteiger partial charge in [-0.05, 0) is 40.5 Å². The van der Waals surface area contributed by atoms with Crippen LogP contribution in [0.4, 0.5) is 4.79 Å². The SMILES string of the molecule is CCOC(=O)C(CCCNC(=O)OC(C)(C)C)C(=O)O. The number of hydrogen-bond donors (Lipinski definition) is 2. The summed E-state index contributed by atoms with van der Waals surface area (Å²) in [5.74, 6) is -3.17. The summed E-state index contributed by atoms with van der Waals surface area (Å²) in [4.78, 5) is 33.6. The number of alkyl carbamates (subject to hydrolysis) is 1. The molecule has 0 saturated heterocycles. The number of carboxylic acid groups (broad SMARTS) is 1. The highest BCUT2D eigenvalue weighted by atomic mass is 16.6. The Morgan fingerprint density at radius 3 is 2.30 bits per heavy atom. The van der Waals surface area contributed by atoms with Crippen LogP contribution in [0.1, 0.15) is 40.5 Å². The van der Waals surface area contributed by atoms with Crippen LogP contribution in [0.5, 0.6) is 0 Å². The molecule has 20 heavy (non-hydrogen) atoms. The van der Waals surface area contributed by atoms with Gasteiger partial charge in [-0.2, -0.15) is 0 Å². The predicted octanol–water partition coefficient (Wildman–Crippen LogP) is 1.56. The lowest BCUT2D eigenvalue weighted by atomic mass is 10.0. The van der Waals surface area contributed by atoms with Crippen molar-refractivity contribution in [3.63, 3.8) is 0 Å². The van der Waals surface area contributed by atoms with Crippen molar-refractivity contribution in [2.45, 2.75) is 46.1 Å². The topological polar surface area (TPSA) is 102 Å². The molecule has 0 aromatic rings. The van der Waals surface area contributed by atoms with Gasteiger partial charge in [0.25, 0.3) is 0 Å². The Balaban J connectivity index is 4.05. The summed E-state index contributed by atoms with van der Waals surface area (Å²) in [6, 6.07) is 0. The first-order valence-electron chi connectivity index (χ1n) is 6.53. The van der Waals surface area contributed by atoms with Crippen molar-refractivity contribution < 1.29 is 29.0 Å². The number of amides is 1. The van der Waals surface area contributed by atoms with Crippen molar-refractivity contribution in [2.24, 2.45) is 5.92 Å². The summed E-state index contributed by atoms with van der Waals surface area (Å²) < 4.78 is 9.70. The minimum Gasteiger partial charge on any atom is -0.481 e. The molecular formula is C13H23NO6. The number of rotatable bonds is 7. The van der Waals surface area contributed by atoms with Crippen molar-refractivity contribution in [1.29, 1.82) is 0 Å². The first-order valence-corrected chi connectivity index (χ1v) is 6.53. The lowest BCUT2D eigenvalue weighted by Crippen LogP contribution is -2.33. The summed E-state index contributed by atoms with van der Waals surface area (Å²) in [5.41, 5.74) is -0.585. The van der Waals surface area contributed by atoms with Crippen LogP contribution in [-0.2, 0) is 19.1 Å². The van der Waals surface area contributed by atoms with Gasteiger partial charge in [0, 0.05) is 6.54 Å². The number of ether oxygens (including phenoxy) is 2. The minimum absolute atomic E-state index is 0.101. The molecule has 0 aromatic heterocycles. The maximum absolute atomic E-state index is 11.4. The van der Waals surface area contributed by atoms with Crippen molar-refractivity contribution in [3.8, 4) is 0 Å². The molecule has 116 valence electrons. The number of carbonyl (C=O) groups excluding carboxylic acids is 2. The molecule has 0 rings (SSSR count). The third kappa shape index (κ3) is 8.34. The van der Waals surface area contributed by atoms with E-state index in [0.29, 0.717) is 6.42 Å². The van der Waals surface area contributed by atoms with Crippen LogP contribution >= 0.6 is 0 Å². The average Bonchev–Trinajstić information content (AvgIpc) is 2.25. The second-order valence-corrected chi connectivity index (χ2v) is 5.21. The third-order valence-corrected chi connectivity index (χ3v) is 2.21. The molecule has 0 fully saturated rings. The highest BCUT2D eigenvalue weighted by molar-refractivity contribution is 5.93. The molecule has 0 radical (unpaired) electrons. The van der Waals surface area contributed by atoms with Crippen molar-refractivity contribution in [1.82, 2.24) is 5.32 Å². The lowest BCUT2D eigenvalue weighted by Gasteiger charge is -2.19. The highest BCUT2D eigenvalue weighted by Crippen LogP contribution is 2.10. The van der Waals surface area contributed by atoms with Gasteiger partial charge in [-0.3, -0.25) is 9.59 Å². The fourth-order valence-electron chi connectivity index (χ4n) is 1.40. The van der Waals surface area contributed by atoms with Gasteiger partial charge in [-0.25, -0.2) is 4.79 Å². The van der Waals surface area contributed by atoms with Gasteiger partial charge in [0.1, 0.15) is 5.60 Å². The molecule has 0 saturated carbocycles. The zero-order chi connectivity index (χ0) is 15.8. The average molecular weight is 289 g/mol. The number of carboxylic acids is 1. The van der Waals surface area contributed by atoms with E-state index in [-0.39, 0.29) is 19.6 Å². The van der Waals surface area contributed by atoms with Crippen LogP contribution in [0.3, 0.4) is 0 Å². The number of nitrogens with one attached hydrogen (secondary N) is 1. The Bertz CT molecular complexity index is 347. The Kier molecular flexibility index (Phi) is 7.64. The van der Waals surface area contributed by atoms with Gasteiger partial charge >= 0.3 is 18.0 Å². The summed E-state index contributed by atoms with van der Waals surface area (Å²) in [6.07, 6.45) is -0.126. The van der Waals surface area contributed by atoms with Gasteiger partial charge in [0.05, 0.1) is 6.61 Å². The molecule has 0 aliphatic heterocycles. The second kappa shape index (κ2) is 8.39. The smallest absolute Gasteiger partial charge is 0.407 e. The van der Waals surface area contributed by atoms with Crippen LogP contribution in [0.15, 0.2) is 0 Å². The standard InChI is InChI=1S/C13H23NO6/c1-5-19-11(17)9(10(15)16)7-6-8-14-12(18)20-13(2,3)4/h9H,5-8H2,1-4H3,(H,14,18)(H,15,16). The maximum Gasteiger partial charge on any atom is 0.407 e. The van der Waals surface area contributed by atoms with E-state index < -0.39 is 29.6 Å². The van der Waals surface area contributed by atoms with Gasteiger partial charge in [-0.15, -0.1) is 0 Å². The first-order chi connectivity index (χ1) is 9.17. The van der Waals surface area contributed by atoms with Gasteiger partial charge in [0.15, 0.2) is 5.92 Å². The lowest BCUT2D eigenvalue weighted by molar-refractivity contribution is -0.158. The van der Waals surface area contributed by atoms with Gasteiger partial charge in [-0.1, -0.05) is 0 Å². The fraction of sp³-hybridized carbons (Fsp3) is 0.769. The zero-order valence-electron chi connectivity index (χ0n) is 12.4. The number of aliphatic carboxylic acids is 1. The third-order valence-electron chi connectivity index (χ3n) is 2.21. The van der Waals surface area contributed by atoms with E-state index in [1.807, 2.05) is 0 Å². The van der Waals surface area contributed by atoms with Crippen molar-refractivity contribution in [3.05, 3.63) is 0 Å². The molecule has 1 amide bonds. The first kappa shape index (κ1) is 18.2. The molecule has 0 spiro atoms. The van der Waals surface area contributed by atoms with Gasteiger partial charge < -0.3 is 19.9 Å². The molecule has 0 aromatic carbocycles. The summed E-state index contributed by atoms with van der Waals surface area (Å²) >= 11 is 0. The summed E-state index contributed by atoms with van der Waals surface area (Å²) in [6.45, 7) is 7.22. The molecule has 7 nitrogen and oxygen atoms in total. The van der Waals surface area contributed by atoms with E-state index in [4.69, 9.17) is 9.84 Å². The molecule has 0 aliphatic rings. The fourth-order valence-corrected chi connectivity index (χ4v) is 1.40. The predicted molar refractivity (Wildman–Crippen MR) is 71.2 cm³/mol. The van der Waals surface area contributed by atoms with E-state index in [1.165, 1.54) is 0 Å². The monoisotopic (exact) mass is 289 g/mol. The van der Waals surface area contributed by atoms with Crippen LogP contribution < -0.4 is 5.32 Å². The molecule has 0 aliphatic carbocycles. The van der Waals surface area contributed by atoms with Gasteiger partial charge in [0.2, 0.25) is 0 Å². The van der Waals surface area contributed by atoms with Crippen molar-refractivity contribution in [2.75, 3.05) is 13.2 Å². The molecule has 1 unspecified atom stereocenters. The highest BCUT2D eigenvalue weighted by Gasteiger charge is 2.27. The molecular weight excluding hydrogens is 266 g/mol. The van der Waals surface area contributed by atoms with Crippen molar-refractivity contribution >= 4 is 18.0 Å². The van der Waals surface area contributed by atoms with E-state index in [0.717, 1.165) is 0 Å². The second-order valence-electron chi connectivity index (χ2n) is 5.21. The Labute approximate surface area is 118 Å². The van der Waals surface area contributed by atoms with E-state index in [9.17, 15) is 14.4 Å². The molecule has 0 heterocycles. The van der Waals surface area contributed by atoms with Crippen LogP contribution in [0, 0.1) is 5.92 Å². The Morgan fingerprint density at radius 2 is 1.85 bits per heavy atom. The largest absolute Gasteiger partial charge is 0.481 e. The number of hydrogen-bond acceptors (Lipinski definition) is 5. The van der Waals surface area contributed by atoms with E-state index in [2.05, 4.69) is 10.1 Å². The normalized spacial score (nSPS) is 12.4. The molecule has 1 atom stereocenters. The maximum atomic E-state index is 11.4. The molecule has 0 bridgehead atoms. The summed E-state index contributed by atoms with van der Waals surface area (Å²) in [5, 5.41) is 11.4. The quantitative estimate of drug-likeness (QED) is 0.419. The Morgan fingerprint density at radius 1 is 1.25 bits per heavy atom. The molecule has 7 heteroatoms. The van der Waals surface area contributed by atoms with Crippen LogP contribution in [0.25, 0.3) is 0 Å². The number of carbonyl (C=O) groups is 3. The van der Waals surface area contributed by atoms with Crippen LogP contribution in [0.2, 0.25) is 0 Å². The van der Waals surface area contributed by atoms with E-state index in [1.54, 1.807) is 27.7 Å². The molecule has 2 N–H and O–H groups in total. The Hall–Kier alpha value is -1.79. The number of esters is 1. The minimum atomic E-state index is -1.22. The zero-order valence-corrected chi connectivity index (χ0v) is 12.4. The van der Waals surface area contributed by atoms with Crippen LogP contribution in [-0.4, -0.2) is 41.9 Å². The summed E-state index contributed by atoms with van der Waals surface area (Å²) in [7, 11) is 0. The van der Waals surface area contributed by atoms with E-state index >= 15 is 0 Å².